The molecular weight excluding hydrogens is 436 g/mol. The standard InChI is InChI=1S/C27H38O7/c1-12(2)9-17-10-14(4)18-8-7-13(3)20-22(18)21(17)15(5)23(29)26(20)34-27-25(31)24(30)19(11-32-27)33-16(6)28/h9,13-14,17-19,24-25,27,29-31H,7-8,10-11H2,1-6H3/t13-,14-,17-,18+,19+,24-,25+,27-/m0/s1. The maximum absolute atomic E-state index is 11.4. The lowest BCUT2D eigenvalue weighted by molar-refractivity contribution is -0.248. The number of hydrogen-bond acceptors (Lipinski definition) is 7. The predicted octanol–water partition coefficient (Wildman–Crippen LogP) is 4.16. The quantitative estimate of drug-likeness (QED) is 0.444. The predicted molar refractivity (Wildman–Crippen MR) is 127 cm³/mol. The highest BCUT2D eigenvalue weighted by atomic mass is 16.7. The van der Waals surface area contributed by atoms with Gasteiger partial charge in [-0.25, -0.2) is 0 Å². The Kier molecular flexibility index (Phi) is 7.00. The van der Waals surface area contributed by atoms with Gasteiger partial charge in [0.2, 0.25) is 6.29 Å². The van der Waals surface area contributed by atoms with E-state index in [0.29, 0.717) is 17.6 Å². The summed E-state index contributed by atoms with van der Waals surface area (Å²) in [6.07, 6.45) is 0.472. The van der Waals surface area contributed by atoms with Crippen molar-refractivity contribution in [2.75, 3.05) is 6.61 Å². The van der Waals surface area contributed by atoms with E-state index in [4.69, 9.17) is 14.2 Å². The molecule has 0 saturated carbocycles. The van der Waals surface area contributed by atoms with Crippen molar-refractivity contribution in [2.45, 2.75) is 103 Å². The number of aliphatic hydroxyl groups is 2. The van der Waals surface area contributed by atoms with E-state index in [1.54, 1.807) is 0 Å². The Bertz CT molecular complexity index is 980. The zero-order valence-electron chi connectivity index (χ0n) is 21.0. The van der Waals surface area contributed by atoms with Gasteiger partial charge in [0.1, 0.15) is 12.2 Å². The number of carbonyl (C=O) groups excluding carboxylic acids is 1. The fourth-order valence-corrected chi connectivity index (χ4v) is 6.21. The van der Waals surface area contributed by atoms with Crippen LogP contribution in [0.1, 0.15) is 93.9 Å². The van der Waals surface area contributed by atoms with Crippen LogP contribution in [0.5, 0.6) is 11.5 Å². The number of hydrogen-bond donors (Lipinski definition) is 3. The summed E-state index contributed by atoms with van der Waals surface area (Å²) in [4.78, 5) is 11.3. The molecule has 1 aromatic carbocycles. The largest absolute Gasteiger partial charge is 0.504 e. The summed E-state index contributed by atoms with van der Waals surface area (Å²) in [5.41, 5.74) is 5.51. The van der Waals surface area contributed by atoms with Crippen molar-refractivity contribution in [3.05, 3.63) is 33.9 Å². The van der Waals surface area contributed by atoms with E-state index in [1.807, 2.05) is 6.92 Å². The summed E-state index contributed by atoms with van der Waals surface area (Å²) >= 11 is 0. The molecule has 0 bridgehead atoms. The van der Waals surface area contributed by atoms with Gasteiger partial charge < -0.3 is 29.5 Å². The lowest BCUT2D eigenvalue weighted by Gasteiger charge is -2.44. The summed E-state index contributed by atoms with van der Waals surface area (Å²) in [6, 6.07) is 0. The minimum Gasteiger partial charge on any atom is -0.504 e. The third-order valence-corrected chi connectivity index (χ3v) is 7.78. The van der Waals surface area contributed by atoms with Crippen molar-refractivity contribution < 1.29 is 34.3 Å². The molecule has 0 spiro atoms. The number of allylic oxidation sites excluding steroid dienone is 2. The summed E-state index contributed by atoms with van der Waals surface area (Å²) in [7, 11) is 0. The monoisotopic (exact) mass is 474 g/mol. The van der Waals surface area contributed by atoms with Gasteiger partial charge in [-0.05, 0) is 74.5 Å². The molecule has 1 fully saturated rings. The minimum atomic E-state index is -1.44. The van der Waals surface area contributed by atoms with Crippen LogP contribution < -0.4 is 4.74 Å². The molecule has 7 heteroatoms. The van der Waals surface area contributed by atoms with Crippen LogP contribution in [-0.4, -0.2) is 52.5 Å². The molecule has 188 valence electrons. The maximum atomic E-state index is 11.4. The molecule has 2 aliphatic carbocycles. The van der Waals surface area contributed by atoms with Crippen LogP contribution in [0.4, 0.5) is 0 Å². The van der Waals surface area contributed by atoms with Gasteiger partial charge in [0.15, 0.2) is 17.6 Å². The normalized spacial score (nSPS) is 34.7. The van der Waals surface area contributed by atoms with Gasteiger partial charge in [0, 0.05) is 18.4 Å². The van der Waals surface area contributed by atoms with E-state index < -0.39 is 30.6 Å². The van der Waals surface area contributed by atoms with E-state index in [-0.39, 0.29) is 24.2 Å². The number of aliphatic hydroxyl groups excluding tert-OH is 2. The third-order valence-electron chi connectivity index (χ3n) is 7.78. The Morgan fingerprint density at radius 2 is 1.76 bits per heavy atom. The first-order chi connectivity index (χ1) is 16.0. The molecule has 1 aliphatic heterocycles. The summed E-state index contributed by atoms with van der Waals surface area (Å²) in [6.45, 7) is 11.7. The summed E-state index contributed by atoms with van der Waals surface area (Å²) < 4.78 is 16.9. The molecule has 4 rings (SSSR count). The Hall–Kier alpha value is -2.09. The lowest BCUT2D eigenvalue weighted by Crippen LogP contribution is -2.56. The number of esters is 1. The lowest BCUT2D eigenvalue weighted by atomic mass is 9.62. The van der Waals surface area contributed by atoms with Crippen LogP contribution in [0.3, 0.4) is 0 Å². The minimum absolute atomic E-state index is 0.0651. The molecule has 34 heavy (non-hydrogen) atoms. The highest BCUT2D eigenvalue weighted by Crippen LogP contribution is 2.58. The Morgan fingerprint density at radius 1 is 1.06 bits per heavy atom. The van der Waals surface area contributed by atoms with Crippen LogP contribution in [0.25, 0.3) is 0 Å². The van der Waals surface area contributed by atoms with Crippen LogP contribution >= 0.6 is 0 Å². The topological polar surface area (TPSA) is 105 Å². The summed E-state index contributed by atoms with van der Waals surface area (Å²) in [5, 5.41) is 32.5. The van der Waals surface area contributed by atoms with Crippen LogP contribution in [-0.2, 0) is 14.3 Å². The molecular formula is C27H38O7. The molecule has 1 heterocycles. The van der Waals surface area contributed by atoms with Crippen LogP contribution in [0, 0.1) is 12.8 Å². The first-order valence-electron chi connectivity index (χ1n) is 12.4. The summed E-state index contributed by atoms with van der Waals surface area (Å²) in [5.74, 6) is 1.13. The second kappa shape index (κ2) is 9.51. The van der Waals surface area contributed by atoms with Gasteiger partial charge in [-0.2, -0.15) is 0 Å². The number of aromatic hydroxyl groups is 1. The zero-order chi connectivity index (χ0) is 24.9. The van der Waals surface area contributed by atoms with Crippen LogP contribution in [0.2, 0.25) is 0 Å². The van der Waals surface area contributed by atoms with Crippen molar-refractivity contribution in [3.8, 4) is 11.5 Å². The van der Waals surface area contributed by atoms with E-state index in [1.165, 1.54) is 23.6 Å². The first kappa shape index (κ1) is 25.0. The highest BCUT2D eigenvalue weighted by molar-refractivity contribution is 5.66. The SMILES string of the molecule is CC(=O)O[C@@H]1CO[C@@H](Oc2c(O)c(C)c3c4c2[C@@H](C)CC[C@@H]4[C@@H](C)C[C@@H]3C=C(C)C)[C@H](O)[C@H]1O. The molecule has 1 saturated heterocycles. The van der Waals surface area contributed by atoms with E-state index in [0.717, 1.165) is 30.4 Å². The van der Waals surface area contributed by atoms with E-state index >= 15 is 0 Å². The number of benzene rings is 1. The van der Waals surface area contributed by atoms with Crippen molar-refractivity contribution in [3.63, 3.8) is 0 Å². The first-order valence-corrected chi connectivity index (χ1v) is 12.4. The molecule has 7 nitrogen and oxygen atoms in total. The smallest absolute Gasteiger partial charge is 0.303 e. The highest BCUT2D eigenvalue weighted by Gasteiger charge is 2.45. The van der Waals surface area contributed by atoms with Gasteiger partial charge in [-0.3, -0.25) is 4.79 Å². The molecule has 1 aromatic rings. The van der Waals surface area contributed by atoms with Crippen molar-refractivity contribution >= 4 is 5.97 Å². The van der Waals surface area contributed by atoms with Crippen molar-refractivity contribution in [2.24, 2.45) is 5.92 Å². The Balaban J connectivity index is 1.77. The van der Waals surface area contributed by atoms with Crippen molar-refractivity contribution in [1.82, 2.24) is 0 Å². The molecule has 0 aromatic heterocycles. The number of ether oxygens (including phenoxy) is 3. The molecule has 3 N–H and O–H groups in total. The van der Waals surface area contributed by atoms with E-state index in [2.05, 4.69) is 33.8 Å². The Labute approximate surface area is 201 Å². The van der Waals surface area contributed by atoms with Gasteiger partial charge in [0.05, 0.1) is 6.61 Å². The van der Waals surface area contributed by atoms with Gasteiger partial charge in [0.25, 0.3) is 0 Å². The Morgan fingerprint density at radius 3 is 2.41 bits per heavy atom. The molecule has 8 atom stereocenters. The fourth-order valence-electron chi connectivity index (χ4n) is 6.21. The molecule has 0 amide bonds. The average Bonchev–Trinajstić information content (AvgIpc) is 2.75. The van der Waals surface area contributed by atoms with Gasteiger partial charge >= 0.3 is 5.97 Å². The molecule has 0 radical (unpaired) electrons. The van der Waals surface area contributed by atoms with Crippen molar-refractivity contribution in [1.29, 1.82) is 0 Å². The van der Waals surface area contributed by atoms with Crippen LogP contribution in [0.15, 0.2) is 11.6 Å². The number of phenolic OH excluding ortho intramolecular Hbond substituents is 1. The fraction of sp³-hybridized carbons (Fsp3) is 0.667. The maximum Gasteiger partial charge on any atom is 0.303 e. The molecule has 0 unspecified atom stereocenters. The molecule has 3 aliphatic rings. The third kappa shape index (κ3) is 4.34. The van der Waals surface area contributed by atoms with Gasteiger partial charge in [-0.15, -0.1) is 0 Å². The number of carbonyl (C=O) groups is 1. The number of rotatable bonds is 4. The zero-order valence-corrected chi connectivity index (χ0v) is 21.0. The average molecular weight is 475 g/mol. The second-order valence-electron chi connectivity index (χ2n) is 10.6. The number of phenols is 1. The second-order valence-corrected chi connectivity index (χ2v) is 10.6. The van der Waals surface area contributed by atoms with E-state index in [9.17, 15) is 20.1 Å². The van der Waals surface area contributed by atoms with Gasteiger partial charge in [-0.1, -0.05) is 25.5 Å².